The Kier molecular flexibility index (Phi) is 1.96. The molecule has 0 radical (unpaired) electrons. The van der Waals surface area contributed by atoms with E-state index < -0.39 is 5.82 Å². The molecule has 0 amide bonds. The van der Waals surface area contributed by atoms with E-state index in [4.69, 9.17) is 11.6 Å². The zero-order valence-corrected chi connectivity index (χ0v) is 7.49. The number of nitrogens with one attached hydrogen (secondary N) is 1. The van der Waals surface area contributed by atoms with Gasteiger partial charge in [-0.25, -0.2) is 4.39 Å². The van der Waals surface area contributed by atoms with E-state index in [0.29, 0.717) is 24.2 Å². The first-order valence-corrected chi connectivity index (χ1v) is 4.32. The number of ketones is 1. The van der Waals surface area contributed by atoms with E-state index in [1.54, 1.807) is 0 Å². The molecule has 4 heteroatoms. The van der Waals surface area contributed by atoms with Gasteiger partial charge in [-0.1, -0.05) is 11.6 Å². The lowest BCUT2D eigenvalue weighted by Gasteiger charge is -2.17. The van der Waals surface area contributed by atoms with Crippen molar-refractivity contribution in [2.45, 2.75) is 6.42 Å². The van der Waals surface area contributed by atoms with Crippen LogP contribution < -0.4 is 5.32 Å². The zero-order valence-electron chi connectivity index (χ0n) is 6.73. The minimum absolute atomic E-state index is 0.0600. The highest BCUT2D eigenvalue weighted by Gasteiger charge is 2.19. The summed E-state index contributed by atoms with van der Waals surface area (Å²) < 4.78 is 12.9. The molecule has 0 fully saturated rings. The molecule has 0 atom stereocenters. The normalized spacial score (nSPS) is 15.1. The molecular formula is C9H7ClFNO. The van der Waals surface area contributed by atoms with Gasteiger partial charge < -0.3 is 5.32 Å². The van der Waals surface area contributed by atoms with Crippen LogP contribution in [0, 0.1) is 5.82 Å². The lowest BCUT2D eigenvalue weighted by Crippen LogP contribution is -2.18. The Labute approximate surface area is 79.7 Å². The number of anilines is 1. The second-order valence-electron chi connectivity index (χ2n) is 2.91. The minimum atomic E-state index is -0.471. The summed E-state index contributed by atoms with van der Waals surface area (Å²) in [6.45, 7) is 0.567. The molecule has 1 aliphatic rings. The lowest BCUT2D eigenvalue weighted by molar-refractivity contribution is 0.0983. The fraction of sp³-hybridized carbons (Fsp3) is 0.222. The molecule has 13 heavy (non-hydrogen) atoms. The lowest BCUT2D eigenvalue weighted by atomic mass is 10.0. The zero-order chi connectivity index (χ0) is 9.42. The van der Waals surface area contributed by atoms with Gasteiger partial charge in [0.1, 0.15) is 5.82 Å². The Bertz CT molecular complexity index is 378. The first-order chi connectivity index (χ1) is 6.18. The van der Waals surface area contributed by atoms with E-state index >= 15 is 0 Å². The number of Topliss-reactive ketones (excluding diaryl/α,β-unsaturated/α-hetero) is 1. The highest BCUT2D eigenvalue weighted by molar-refractivity contribution is 6.34. The van der Waals surface area contributed by atoms with Gasteiger partial charge in [0, 0.05) is 18.5 Å². The molecule has 2 nitrogen and oxygen atoms in total. The minimum Gasteiger partial charge on any atom is -0.383 e. The molecule has 0 spiro atoms. The number of benzene rings is 1. The number of halogens is 2. The molecule has 0 aromatic heterocycles. The van der Waals surface area contributed by atoms with E-state index in [9.17, 15) is 9.18 Å². The molecule has 0 saturated heterocycles. The summed E-state index contributed by atoms with van der Waals surface area (Å²) in [4.78, 5) is 11.3. The third-order valence-corrected chi connectivity index (χ3v) is 2.31. The molecule has 1 aromatic carbocycles. The van der Waals surface area contributed by atoms with E-state index in [0.717, 1.165) is 0 Å². The van der Waals surface area contributed by atoms with Crippen molar-refractivity contribution in [3.05, 3.63) is 28.5 Å². The second kappa shape index (κ2) is 3.00. The van der Waals surface area contributed by atoms with Gasteiger partial charge >= 0.3 is 0 Å². The van der Waals surface area contributed by atoms with Crippen LogP contribution in [0.2, 0.25) is 5.02 Å². The monoisotopic (exact) mass is 199 g/mol. The van der Waals surface area contributed by atoms with Gasteiger partial charge in [0.2, 0.25) is 0 Å². The van der Waals surface area contributed by atoms with Crippen molar-refractivity contribution in [3.8, 4) is 0 Å². The van der Waals surface area contributed by atoms with Crippen molar-refractivity contribution in [1.82, 2.24) is 0 Å². The number of hydrogen-bond acceptors (Lipinski definition) is 2. The molecule has 0 unspecified atom stereocenters. The third kappa shape index (κ3) is 1.40. The largest absolute Gasteiger partial charge is 0.383 e. The van der Waals surface area contributed by atoms with Crippen LogP contribution in [-0.2, 0) is 0 Å². The van der Waals surface area contributed by atoms with Gasteiger partial charge in [-0.15, -0.1) is 0 Å². The molecule has 1 aliphatic heterocycles. The number of fused-ring (bicyclic) bond motifs is 1. The third-order valence-electron chi connectivity index (χ3n) is 2.01. The van der Waals surface area contributed by atoms with Crippen LogP contribution in [0.5, 0.6) is 0 Å². The Morgan fingerprint density at radius 3 is 3.00 bits per heavy atom. The molecular weight excluding hydrogens is 193 g/mol. The number of hydrogen-bond donors (Lipinski definition) is 1. The predicted molar refractivity (Wildman–Crippen MR) is 48.8 cm³/mol. The van der Waals surface area contributed by atoms with Gasteiger partial charge in [0.25, 0.3) is 0 Å². The average Bonchev–Trinajstić information content (AvgIpc) is 2.07. The SMILES string of the molecule is O=C1CCNc2c(Cl)cc(F)cc21. The van der Waals surface area contributed by atoms with Gasteiger partial charge in [-0.2, -0.15) is 0 Å². The summed E-state index contributed by atoms with van der Waals surface area (Å²) in [5.74, 6) is -0.532. The predicted octanol–water partition coefficient (Wildman–Crippen LogP) is 2.48. The number of rotatable bonds is 0. The average molecular weight is 200 g/mol. The second-order valence-corrected chi connectivity index (χ2v) is 3.32. The van der Waals surface area contributed by atoms with Gasteiger partial charge in [0.15, 0.2) is 5.78 Å². The molecule has 0 saturated carbocycles. The van der Waals surface area contributed by atoms with Gasteiger partial charge in [-0.3, -0.25) is 4.79 Å². The standard InChI is InChI=1S/C9H7ClFNO/c10-7-4-5(11)3-6-8(13)1-2-12-9(6)7/h3-4,12H,1-2H2. The van der Waals surface area contributed by atoms with Crippen molar-refractivity contribution < 1.29 is 9.18 Å². The highest BCUT2D eigenvalue weighted by atomic mass is 35.5. The van der Waals surface area contributed by atoms with E-state index in [1.165, 1.54) is 12.1 Å². The fourth-order valence-electron chi connectivity index (χ4n) is 1.41. The van der Waals surface area contributed by atoms with Crippen LogP contribution in [0.15, 0.2) is 12.1 Å². The quantitative estimate of drug-likeness (QED) is 0.696. The molecule has 1 N–H and O–H groups in total. The van der Waals surface area contributed by atoms with Gasteiger partial charge in [0.05, 0.1) is 10.7 Å². The van der Waals surface area contributed by atoms with Crippen molar-refractivity contribution in [2.24, 2.45) is 0 Å². The maximum atomic E-state index is 12.9. The maximum Gasteiger partial charge on any atom is 0.166 e. The van der Waals surface area contributed by atoms with Crippen LogP contribution in [0.25, 0.3) is 0 Å². The first kappa shape index (κ1) is 8.51. The summed E-state index contributed by atoms with van der Waals surface area (Å²) in [6.07, 6.45) is 0.396. The summed E-state index contributed by atoms with van der Waals surface area (Å²) >= 11 is 5.76. The Morgan fingerprint density at radius 2 is 2.23 bits per heavy atom. The Hall–Kier alpha value is -1.09. The topological polar surface area (TPSA) is 29.1 Å². The first-order valence-electron chi connectivity index (χ1n) is 3.94. The smallest absolute Gasteiger partial charge is 0.166 e. The van der Waals surface area contributed by atoms with Crippen molar-refractivity contribution >= 4 is 23.1 Å². The summed E-state index contributed by atoms with van der Waals surface area (Å²) in [5.41, 5.74) is 0.913. The molecule has 2 rings (SSSR count). The van der Waals surface area contributed by atoms with Crippen LogP contribution in [0.3, 0.4) is 0 Å². The van der Waals surface area contributed by atoms with Crippen molar-refractivity contribution in [2.75, 3.05) is 11.9 Å². The molecule has 68 valence electrons. The highest BCUT2D eigenvalue weighted by Crippen LogP contribution is 2.30. The van der Waals surface area contributed by atoms with Crippen molar-refractivity contribution in [3.63, 3.8) is 0 Å². The fourth-order valence-corrected chi connectivity index (χ4v) is 1.68. The number of carbonyl (C=O) groups excluding carboxylic acids is 1. The molecule has 1 heterocycles. The summed E-state index contributed by atoms with van der Waals surface area (Å²) in [6, 6.07) is 2.42. The van der Waals surface area contributed by atoms with Gasteiger partial charge in [-0.05, 0) is 12.1 Å². The van der Waals surface area contributed by atoms with Crippen LogP contribution in [0.4, 0.5) is 10.1 Å². The van der Waals surface area contributed by atoms with Crippen LogP contribution >= 0.6 is 11.6 Å². The molecule has 0 bridgehead atoms. The number of carbonyl (C=O) groups is 1. The van der Waals surface area contributed by atoms with E-state index in [-0.39, 0.29) is 10.8 Å². The van der Waals surface area contributed by atoms with E-state index in [1.807, 2.05) is 0 Å². The molecule has 0 aliphatic carbocycles. The summed E-state index contributed by atoms with van der Waals surface area (Å²) in [7, 11) is 0. The van der Waals surface area contributed by atoms with E-state index in [2.05, 4.69) is 5.32 Å². The Balaban J connectivity index is 2.63. The maximum absolute atomic E-state index is 12.9. The summed E-state index contributed by atoms with van der Waals surface area (Å²) in [5, 5.41) is 3.24. The van der Waals surface area contributed by atoms with Crippen LogP contribution in [0.1, 0.15) is 16.8 Å². The molecule has 1 aromatic rings. The van der Waals surface area contributed by atoms with Crippen LogP contribution in [-0.4, -0.2) is 12.3 Å². The Morgan fingerprint density at radius 1 is 1.46 bits per heavy atom. The van der Waals surface area contributed by atoms with Crippen molar-refractivity contribution in [1.29, 1.82) is 0 Å².